The summed E-state index contributed by atoms with van der Waals surface area (Å²) in [7, 11) is 0. The van der Waals surface area contributed by atoms with Gasteiger partial charge in [-0.15, -0.1) is 0 Å². The van der Waals surface area contributed by atoms with Crippen LogP contribution >= 0.6 is 0 Å². The van der Waals surface area contributed by atoms with E-state index in [0.717, 1.165) is 17.8 Å². The van der Waals surface area contributed by atoms with Crippen molar-refractivity contribution in [2.45, 2.75) is 84.1 Å². The molecule has 1 nitrogen and oxygen atoms in total. The summed E-state index contributed by atoms with van der Waals surface area (Å²) in [6.45, 7) is 8.56. The van der Waals surface area contributed by atoms with Crippen LogP contribution in [0.5, 0.6) is 0 Å². The van der Waals surface area contributed by atoms with Gasteiger partial charge in [-0.1, -0.05) is 46.5 Å². The molecule has 106 valence electrons. The van der Waals surface area contributed by atoms with Crippen LogP contribution in [-0.2, 0) is 0 Å². The van der Waals surface area contributed by atoms with E-state index in [-0.39, 0.29) is 0 Å². The topological polar surface area (TPSA) is 12.0 Å². The second-order valence-corrected chi connectivity index (χ2v) is 7.11. The molecule has 0 aromatic heterocycles. The SMILES string of the molecule is CCCC1(C2CCC(C)C(C)C2)CCCCCN1. The first-order chi connectivity index (χ1) is 8.68. The quantitative estimate of drug-likeness (QED) is 0.762. The molecule has 1 aliphatic heterocycles. The second-order valence-electron chi connectivity index (χ2n) is 7.11. The minimum Gasteiger partial charge on any atom is -0.311 e. The summed E-state index contributed by atoms with van der Waals surface area (Å²) >= 11 is 0. The van der Waals surface area contributed by atoms with Crippen LogP contribution in [0.1, 0.15) is 78.6 Å². The lowest BCUT2D eigenvalue weighted by molar-refractivity contribution is 0.0941. The lowest BCUT2D eigenvalue weighted by Gasteiger charge is -2.46. The van der Waals surface area contributed by atoms with E-state index in [2.05, 4.69) is 26.1 Å². The van der Waals surface area contributed by atoms with Crippen LogP contribution in [0.25, 0.3) is 0 Å². The normalized spacial score (nSPS) is 42.5. The molecule has 2 rings (SSSR count). The van der Waals surface area contributed by atoms with Gasteiger partial charge in [0, 0.05) is 5.54 Å². The van der Waals surface area contributed by atoms with Gasteiger partial charge < -0.3 is 5.32 Å². The van der Waals surface area contributed by atoms with Crippen LogP contribution in [0, 0.1) is 17.8 Å². The van der Waals surface area contributed by atoms with Gasteiger partial charge >= 0.3 is 0 Å². The molecule has 2 fully saturated rings. The van der Waals surface area contributed by atoms with Gasteiger partial charge in [-0.05, 0) is 56.4 Å². The van der Waals surface area contributed by atoms with E-state index >= 15 is 0 Å². The molecular weight excluding hydrogens is 218 g/mol. The highest BCUT2D eigenvalue weighted by Crippen LogP contribution is 2.43. The van der Waals surface area contributed by atoms with Crippen molar-refractivity contribution < 1.29 is 0 Å². The summed E-state index contributed by atoms with van der Waals surface area (Å²) in [4.78, 5) is 0. The molecule has 0 amide bonds. The Morgan fingerprint density at radius 1 is 1.06 bits per heavy atom. The van der Waals surface area contributed by atoms with E-state index < -0.39 is 0 Å². The van der Waals surface area contributed by atoms with Gasteiger partial charge in [-0.25, -0.2) is 0 Å². The van der Waals surface area contributed by atoms with Crippen molar-refractivity contribution in [1.82, 2.24) is 5.32 Å². The molecule has 4 unspecified atom stereocenters. The van der Waals surface area contributed by atoms with Crippen LogP contribution in [0.3, 0.4) is 0 Å². The van der Waals surface area contributed by atoms with Crippen molar-refractivity contribution in [2.75, 3.05) is 6.54 Å². The van der Waals surface area contributed by atoms with Crippen LogP contribution < -0.4 is 5.32 Å². The van der Waals surface area contributed by atoms with Crippen molar-refractivity contribution in [3.8, 4) is 0 Å². The van der Waals surface area contributed by atoms with Crippen LogP contribution in [0.2, 0.25) is 0 Å². The third-order valence-corrected chi connectivity index (χ3v) is 5.85. The fourth-order valence-electron chi connectivity index (χ4n) is 4.43. The predicted molar refractivity (Wildman–Crippen MR) is 79.8 cm³/mol. The van der Waals surface area contributed by atoms with E-state index in [1.807, 2.05) is 0 Å². The van der Waals surface area contributed by atoms with E-state index in [1.54, 1.807) is 0 Å². The van der Waals surface area contributed by atoms with Gasteiger partial charge in [-0.2, -0.15) is 0 Å². The Balaban J connectivity index is 2.08. The smallest absolute Gasteiger partial charge is 0.0209 e. The van der Waals surface area contributed by atoms with Crippen LogP contribution in [0.4, 0.5) is 0 Å². The van der Waals surface area contributed by atoms with Gasteiger partial charge in [0.25, 0.3) is 0 Å². The molecule has 1 aliphatic carbocycles. The Bertz CT molecular complexity index is 240. The van der Waals surface area contributed by atoms with Gasteiger partial charge in [0.1, 0.15) is 0 Å². The summed E-state index contributed by atoms with van der Waals surface area (Å²) in [5.41, 5.74) is 0.500. The highest BCUT2D eigenvalue weighted by atomic mass is 15.0. The number of hydrogen-bond acceptors (Lipinski definition) is 1. The van der Waals surface area contributed by atoms with Crippen molar-refractivity contribution in [1.29, 1.82) is 0 Å². The van der Waals surface area contributed by atoms with Gasteiger partial charge in [0.15, 0.2) is 0 Å². The molecule has 0 bridgehead atoms. The van der Waals surface area contributed by atoms with Gasteiger partial charge in [0.05, 0.1) is 0 Å². The average Bonchev–Trinajstić information content (AvgIpc) is 2.60. The van der Waals surface area contributed by atoms with Crippen molar-refractivity contribution in [3.63, 3.8) is 0 Å². The first-order valence-electron chi connectivity index (χ1n) is 8.43. The Morgan fingerprint density at radius 2 is 1.89 bits per heavy atom. The van der Waals surface area contributed by atoms with E-state index in [0.29, 0.717) is 5.54 Å². The lowest BCUT2D eigenvalue weighted by Crippen LogP contribution is -2.52. The number of nitrogens with one attached hydrogen (secondary N) is 1. The Kier molecular flexibility index (Phi) is 5.12. The minimum atomic E-state index is 0.500. The molecule has 0 aromatic carbocycles. The molecule has 1 N–H and O–H groups in total. The molecule has 18 heavy (non-hydrogen) atoms. The zero-order valence-corrected chi connectivity index (χ0v) is 12.8. The van der Waals surface area contributed by atoms with Gasteiger partial charge in [-0.3, -0.25) is 0 Å². The molecule has 0 spiro atoms. The molecule has 0 aromatic rings. The van der Waals surface area contributed by atoms with E-state index in [1.165, 1.54) is 64.3 Å². The van der Waals surface area contributed by atoms with Crippen molar-refractivity contribution in [3.05, 3.63) is 0 Å². The maximum atomic E-state index is 4.00. The van der Waals surface area contributed by atoms with Crippen LogP contribution in [0.15, 0.2) is 0 Å². The highest BCUT2D eigenvalue weighted by Gasteiger charge is 2.40. The monoisotopic (exact) mass is 251 g/mol. The molecule has 0 radical (unpaired) electrons. The maximum Gasteiger partial charge on any atom is 0.0209 e. The molecule has 4 atom stereocenters. The predicted octanol–water partition coefficient (Wildman–Crippen LogP) is 4.76. The average molecular weight is 251 g/mol. The van der Waals surface area contributed by atoms with Crippen molar-refractivity contribution in [2.24, 2.45) is 17.8 Å². The summed E-state index contributed by atoms with van der Waals surface area (Å²) < 4.78 is 0. The summed E-state index contributed by atoms with van der Waals surface area (Å²) in [6, 6.07) is 0. The van der Waals surface area contributed by atoms with Crippen LogP contribution in [-0.4, -0.2) is 12.1 Å². The fourth-order valence-corrected chi connectivity index (χ4v) is 4.43. The standard InChI is InChI=1S/C17H33N/c1-4-10-17(11-6-5-7-12-18-17)16-9-8-14(2)15(3)13-16/h14-16,18H,4-13H2,1-3H3. The summed E-state index contributed by atoms with van der Waals surface area (Å²) in [5, 5.41) is 4.00. The molecule has 1 saturated carbocycles. The largest absolute Gasteiger partial charge is 0.311 e. The number of rotatable bonds is 3. The molecular formula is C17H33N. The second kappa shape index (κ2) is 6.41. The Hall–Kier alpha value is -0.0400. The third kappa shape index (κ3) is 3.10. The number of hydrogen-bond donors (Lipinski definition) is 1. The molecule has 1 saturated heterocycles. The molecule has 1 heteroatoms. The van der Waals surface area contributed by atoms with Crippen molar-refractivity contribution >= 4 is 0 Å². The maximum absolute atomic E-state index is 4.00. The fraction of sp³-hybridized carbons (Fsp3) is 1.00. The Morgan fingerprint density at radius 3 is 2.61 bits per heavy atom. The minimum absolute atomic E-state index is 0.500. The summed E-state index contributed by atoms with van der Waals surface area (Å²) in [5.74, 6) is 2.83. The molecule has 2 aliphatic rings. The van der Waals surface area contributed by atoms with Gasteiger partial charge in [0.2, 0.25) is 0 Å². The van der Waals surface area contributed by atoms with E-state index in [9.17, 15) is 0 Å². The highest BCUT2D eigenvalue weighted by molar-refractivity contribution is 4.97. The third-order valence-electron chi connectivity index (χ3n) is 5.85. The lowest BCUT2D eigenvalue weighted by atomic mass is 9.65. The molecule has 1 heterocycles. The first-order valence-corrected chi connectivity index (χ1v) is 8.43. The zero-order chi connectivity index (χ0) is 13.0. The Labute approximate surface area is 114 Å². The van der Waals surface area contributed by atoms with E-state index in [4.69, 9.17) is 0 Å². The summed E-state index contributed by atoms with van der Waals surface area (Å²) in [6.07, 6.45) is 12.9. The first kappa shape index (κ1) is 14.4. The zero-order valence-electron chi connectivity index (χ0n) is 12.8.